The van der Waals surface area contributed by atoms with Crippen LogP contribution in [0.25, 0.3) is 0 Å². The first-order valence-electron chi connectivity index (χ1n) is 9.84. The summed E-state index contributed by atoms with van der Waals surface area (Å²) in [5.41, 5.74) is 2.48. The molecule has 156 valence electrons. The van der Waals surface area contributed by atoms with E-state index in [1.54, 1.807) is 24.0 Å². The number of hydrogen-bond acceptors (Lipinski definition) is 3. The van der Waals surface area contributed by atoms with Crippen LogP contribution in [0.5, 0.6) is 0 Å². The van der Waals surface area contributed by atoms with Gasteiger partial charge in [0, 0.05) is 18.3 Å². The third kappa shape index (κ3) is 6.89. The molecule has 0 unspecified atom stereocenters. The highest BCUT2D eigenvalue weighted by Crippen LogP contribution is 2.21. The zero-order valence-electron chi connectivity index (χ0n) is 17.4. The Bertz CT molecular complexity index is 821. The molecule has 0 saturated heterocycles. The molecule has 2 aromatic carbocycles. The third-order valence-electron chi connectivity index (χ3n) is 4.65. The normalized spacial score (nSPS) is 11.8. The van der Waals surface area contributed by atoms with Gasteiger partial charge in [0.2, 0.25) is 0 Å². The predicted octanol–water partition coefficient (Wildman–Crippen LogP) is 5.15. The van der Waals surface area contributed by atoms with E-state index >= 15 is 0 Å². The van der Waals surface area contributed by atoms with Gasteiger partial charge < -0.3 is 15.0 Å². The number of carbonyl (C=O) groups is 2. The number of halogens is 1. The number of rotatable bonds is 8. The van der Waals surface area contributed by atoms with Gasteiger partial charge in [0.15, 0.2) is 0 Å². The Morgan fingerprint density at radius 3 is 2.41 bits per heavy atom. The van der Waals surface area contributed by atoms with Gasteiger partial charge in [0.05, 0.1) is 13.0 Å². The molecular weight excluding hydrogens is 371 g/mol. The second kappa shape index (κ2) is 10.6. The van der Waals surface area contributed by atoms with Crippen molar-refractivity contribution in [3.8, 4) is 0 Å². The van der Waals surface area contributed by atoms with Gasteiger partial charge in [-0.05, 0) is 55.2 Å². The van der Waals surface area contributed by atoms with Crippen LogP contribution in [0.2, 0.25) is 0 Å². The molecule has 2 aromatic rings. The van der Waals surface area contributed by atoms with E-state index in [4.69, 9.17) is 4.74 Å². The highest BCUT2D eigenvalue weighted by molar-refractivity contribution is 5.90. The van der Waals surface area contributed by atoms with Gasteiger partial charge >= 0.3 is 12.0 Å². The maximum absolute atomic E-state index is 13.3. The maximum atomic E-state index is 13.3. The lowest BCUT2D eigenvalue weighted by atomic mass is 9.98. The quantitative estimate of drug-likeness (QED) is 0.624. The van der Waals surface area contributed by atoms with Crippen LogP contribution in [0.3, 0.4) is 0 Å². The van der Waals surface area contributed by atoms with Crippen LogP contribution in [0.4, 0.5) is 14.9 Å². The number of carbonyl (C=O) groups excluding carboxylic acids is 2. The van der Waals surface area contributed by atoms with Gasteiger partial charge in [0.25, 0.3) is 0 Å². The SMILES string of the molecule is CCOC(=O)C[C@H](C(C)C)N(Cc1ccc(F)cc1)C(=O)Nc1cccc(C)c1. The average molecular weight is 400 g/mol. The molecule has 5 nitrogen and oxygen atoms in total. The molecule has 0 heterocycles. The van der Waals surface area contributed by atoms with E-state index in [0.717, 1.165) is 11.1 Å². The number of nitrogens with one attached hydrogen (secondary N) is 1. The van der Waals surface area contributed by atoms with E-state index in [-0.39, 0.29) is 49.3 Å². The molecule has 0 saturated carbocycles. The fourth-order valence-corrected chi connectivity index (χ4v) is 3.14. The maximum Gasteiger partial charge on any atom is 0.322 e. The highest BCUT2D eigenvalue weighted by Gasteiger charge is 2.29. The average Bonchev–Trinajstić information content (AvgIpc) is 2.66. The molecule has 2 rings (SSSR count). The van der Waals surface area contributed by atoms with Crippen LogP contribution >= 0.6 is 0 Å². The van der Waals surface area contributed by atoms with Crippen molar-refractivity contribution in [1.29, 1.82) is 0 Å². The molecule has 0 radical (unpaired) electrons. The number of benzene rings is 2. The number of anilines is 1. The lowest BCUT2D eigenvalue weighted by Crippen LogP contribution is -2.46. The van der Waals surface area contributed by atoms with Gasteiger partial charge in [-0.25, -0.2) is 9.18 Å². The van der Waals surface area contributed by atoms with Crippen molar-refractivity contribution in [1.82, 2.24) is 4.90 Å². The molecule has 6 heteroatoms. The Morgan fingerprint density at radius 1 is 1.14 bits per heavy atom. The summed E-state index contributed by atoms with van der Waals surface area (Å²) in [4.78, 5) is 26.9. The van der Waals surface area contributed by atoms with Crippen LogP contribution in [-0.4, -0.2) is 29.5 Å². The lowest BCUT2D eigenvalue weighted by molar-refractivity contribution is -0.144. The van der Waals surface area contributed by atoms with E-state index in [1.165, 1.54) is 12.1 Å². The van der Waals surface area contributed by atoms with Crippen molar-refractivity contribution in [2.75, 3.05) is 11.9 Å². The Labute approximate surface area is 171 Å². The van der Waals surface area contributed by atoms with E-state index in [1.807, 2.05) is 45.0 Å². The van der Waals surface area contributed by atoms with Crippen molar-refractivity contribution < 1.29 is 18.7 Å². The van der Waals surface area contributed by atoms with Crippen molar-refractivity contribution >= 4 is 17.7 Å². The van der Waals surface area contributed by atoms with Crippen molar-refractivity contribution in [2.24, 2.45) is 5.92 Å². The minimum Gasteiger partial charge on any atom is -0.466 e. The van der Waals surface area contributed by atoms with Crippen molar-refractivity contribution in [3.05, 3.63) is 65.5 Å². The Hall–Kier alpha value is -2.89. The summed E-state index contributed by atoms with van der Waals surface area (Å²) in [6, 6.07) is 12.8. The molecule has 1 atom stereocenters. The number of ether oxygens (including phenoxy) is 1. The van der Waals surface area contributed by atoms with E-state index in [2.05, 4.69) is 5.32 Å². The van der Waals surface area contributed by atoms with Crippen LogP contribution < -0.4 is 5.32 Å². The summed E-state index contributed by atoms with van der Waals surface area (Å²) in [6.07, 6.45) is 0.0912. The van der Waals surface area contributed by atoms with Crippen LogP contribution in [0, 0.1) is 18.7 Å². The molecule has 2 amide bonds. The van der Waals surface area contributed by atoms with Gasteiger partial charge in [-0.3, -0.25) is 4.79 Å². The van der Waals surface area contributed by atoms with E-state index in [9.17, 15) is 14.0 Å². The summed E-state index contributed by atoms with van der Waals surface area (Å²) >= 11 is 0. The van der Waals surface area contributed by atoms with Crippen molar-refractivity contribution in [2.45, 2.75) is 46.7 Å². The Morgan fingerprint density at radius 2 is 1.83 bits per heavy atom. The molecule has 29 heavy (non-hydrogen) atoms. The minimum atomic E-state index is -0.371. The first-order valence-corrected chi connectivity index (χ1v) is 9.84. The number of esters is 1. The second-order valence-electron chi connectivity index (χ2n) is 7.37. The highest BCUT2D eigenvalue weighted by atomic mass is 19.1. The Balaban J connectivity index is 2.29. The fourth-order valence-electron chi connectivity index (χ4n) is 3.14. The zero-order valence-corrected chi connectivity index (χ0v) is 17.4. The molecule has 1 N–H and O–H groups in total. The van der Waals surface area contributed by atoms with Gasteiger partial charge in [-0.15, -0.1) is 0 Å². The first-order chi connectivity index (χ1) is 13.8. The molecule has 0 aliphatic carbocycles. The summed E-state index contributed by atoms with van der Waals surface area (Å²) < 4.78 is 18.4. The molecular formula is C23H29FN2O3. The van der Waals surface area contributed by atoms with Crippen molar-refractivity contribution in [3.63, 3.8) is 0 Å². The molecule has 0 fully saturated rings. The van der Waals surface area contributed by atoms with E-state index < -0.39 is 0 Å². The monoisotopic (exact) mass is 400 g/mol. The van der Waals surface area contributed by atoms with Gasteiger partial charge in [-0.2, -0.15) is 0 Å². The predicted molar refractivity (Wildman–Crippen MR) is 112 cm³/mol. The number of nitrogens with zero attached hydrogens (tertiary/aromatic N) is 1. The summed E-state index contributed by atoms with van der Waals surface area (Å²) in [5.74, 6) is -0.668. The number of aryl methyl sites for hydroxylation is 1. The standard InChI is InChI=1S/C23H29FN2O3/c1-5-29-22(27)14-21(16(2)3)26(15-18-9-11-19(24)12-10-18)23(28)25-20-8-6-7-17(4)13-20/h6-13,16,21H,5,14-15H2,1-4H3,(H,25,28)/t21-/m1/s1. The zero-order chi connectivity index (χ0) is 21.4. The number of hydrogen-bond donors (Lipinski definition) is 1. The van der Waals surface area contributed by atoms with E-state index in [0.29, 0.717) is 5.69 Å². The summed E-state index contributed by atoms with van der Waals surface area (Å²) in [7, 11) is 0. The summed E-state index contributed by atoms with van der Waals surface area (Å²) in [5, 5.41) is 2.92. The molecule has 0 spiro atoms. The molecule has 0 bridgehead atoms. The fraction of sp³-hybridized carbons (Fsp3) is 0.391. The Kier molecular flexibility index (Phi) is 8.19. The van der Waals surface area contributed by atoms with Crippen LogP contribution in [0.1, 0.15) is 38.3 Å². The number of amides is 2. The number of urea groups is 1. The van der Waals surface area contributed by atoms with Gasteiger partial charge in [0.1, 0.15) is 5.82 Å². The molecule has 0 aliphatic heterocycles. The van der Waals surface area contributed by atoms with Crippen LogP contribution in [-0.2, 0) is 16.1 Å². The molecule has 0 aromatic heterocycles. The first kappa shape index (κ1) is 22.4. The smallest absolute Gasteiger partial charge is 0.322 e. The van der Waals surface area contributed by atoms with Crippen LogP contribution in [0.15, 0.2) is 48.5 Å². The largest absolute Gasteiger partial charge is 0.466 e. The topological polar surface area (TPSA) is 58.6 Å². The third-order valence-corrected chi connectivity index (χ3v) is 4.65. The summed E-state index contributed by atoms with van der Waals surface area (Å²) in [6.45, 7) is 8.16. The van der Waals surface area contributed by atoms with Gasteiger partial charge in [-0.1, -0.05) is 38.1 Å². The molecule has 0 aliphatic rings. The lowest BCUT2D eigenvalue weighted by Gasteiger charge is -2.34. The minimum absolute atomic E-state index is 0.0168. The second-order valence-corrected chi connectivity index (χ2v) is 7.37.